The standard InChI is InChI=1S/C29H27NO4/c31-29-15-5-9-23(18-29)26-10-4-8-22(28(26)33-29)16-25-17-27(30-34-25)21-11-13-24(14-12-21)32-19-20-6-2-1-3-7-20/h1-4,6-8,10-14,17,23,31H,5,9,15-16,18-19H2. The number of para-hydroxylation sites is 1. The normalized spacial score (nSPS) is 20.9. The first kappa shape index (κ1) is 21.0. The largest absolute Gasteiger partial charge is 0.489 e. The molecule has 3 aromatic carbocycles. The van der Waals surface area contributed by atoms with Gasteiger partial charge >= 0.3 is 0 Å². The van der Waals surface area contributed by atoms with Gasteiger partial charge in [0.2, 0.25) is 5.79 Å². The summed E-state index contributed by atoms with van der Waals surface area (Å²) in [5, 5.41) is 15.1. The van der Waals surface area contributed by atoms with Crippen LogP contribution in [0.3, 0.4) is 0 Å². The second kappa shape index (κ2) is 8.65. The van der Waals surface area contributed by atoms with Gasteiger partial charge in [0.05, 0.1) is 0 Å². The maximum Gasteiger partial charge on any atom is 0.208 e. The number of benzene rings is 3. The average molecular weight is 454 g/mol. The lowest BCUT2D eigenvalue weighted by Gasteiger charge is -2.43. The molecule has 5 heteroatoms. The molecule has 4 aromatic rings. The van der Waals surface area contributed by atoms with Crippen molar-refractivity contribution in [2.45, 2.75) is 50.4 Å². The van der Waals surface area contributed by atoms with E-state index in [9.17, 15) is 5.11 Å². The van der Waals surface area contributed by atoms with Gasteiger partial charge in [-0.25, -0.2) is 0 Å². The molecule has 0 radical (unpaired) electrons. The molecule has 2 heterocycles. The summed E-state index contributed by atoms with van der Waals surface area (Å²) in [6.07, 6.45) is 4.03. The first-order chi connectivity index (χ1) is 16.7. The minimum atomic E-state index is -1.04. The third kappa shape index (κ3) is 4.19. The molecule has 5 nitrogen and oxygen atoms in total. The van der Waals surface area contributed by atoms with Crippen molar-refractivity contribution in [2.24, 2.45) is 0 Å². The van der Waals surface area contributed by atoms with E-state index in [0.717, 1.165) is 52.5 Å². The van der Waals surface area contributed by atoms with E-state index in [1.807, 2.05) is 66.7 Å². The van der Waals surface area contributed by atoms with Crippen LogP contribution < -0.4 is 9.47 Å². The number of ether oxygens (including phenoxy) is 2. The predicted octanol–water partition coefficient (Wildman–Crippen LogP) is 6.25. The molecule has 1 aliphatic carbocycles. The van der Waals surface area contributed by atoms with E-state index in [2.05, 4.69) is 17.3 Å². The van der Waals surface area contributed by atoms with Crippen molar-refractivity contribution in [3.63, 3.8) is 0 Å². The highest BCUT2D eigenvalue weighted by Gasteiger charge is 2.43. The van der Waals surface area contributed by atoms with Crippen LogP contribution in [0.1, 0.15) is 54.1 Å². The molecule has 1 N–H and O–H groups in total. The van der Waals surface area contributed by atoms with E-state index < -0.39 is 5.79 Å². The minimum Gasteiger partial charge on any atom is -0.489 e. The molecule has 1 fully saturated rings. The molecule has 1 aliphatic heterocycles. The lowest BCUT2D eigenvalue weighted by Crippen LogP contribution is -2.43. The summed E-state index contributed by atoms with van der Waals surface area (Å²) in [4.78, 5) is 0. The molecule has 2 atom stereocenters. The van der Waals surface area contributed by atoms with E-state index in [1.54, 1.807) is 0 Å². The van der Waals surface area contributed by atoms with Crippen LogP contribution in [-0.2, 0) is 13.0 Å². The summed E-state index contributed by atoms with van der Waals surface area (Å²) >= 11 is 0. The Morgan fingerprint density at radius 1 is 1.00 bits per heavy atom. The van der Waals surface area contributed by atoms with Crippen LogP contribution in [-0.4, -0.2) is 16.1 Å². The van der Waals surface area contributed by atoms with E-state index in [4.69, 9.17) is 14.0 Å². The van der Waals surface area contributed by atoms with E-state index >= 15 is 0 Å². The maximum atomic E-state index is 10.8. The molecule has 1 aromatic heterocycles. The zero-order valence-electron chi connectivity index (χ0n) is 18.9. The number of nitrogens with zero attached hydrogens (tertiary/aromatic N) is 1. The number of hydrogen-bond acceptors (Lipinski definition) is 5. The lowest BCUT2D eigenvalue weighted by atomic mass is 9.77. The van der Waals surface area contributed by atoms with E-state index in [0.29, 0.717) is 31.8 Å². The van der Waals surface area contributed by atoms with Crippen LogP contribution in [0.25, 0.3) is 11.3 Å². The molecule has 1 saturated carbocycles. The SMILES string of the molecule is OC12CCCC(C1)c1cccc(Cc3cc(-c4ccc(OCc5ccccc5)cc4)no3)c1O2. The smallest absolute Gasteiger partial charge is 0.208 e. The summed E-state index contributed by atoms with van der Waals surface area (Å²) in [5.74, 6) is 1.71. The van der Waals surface area contributed by atoms with Gasteiger partial charge in [0.25, 0.3) is 0 Å². The molecular formula is C29H27NO4. The van der Waals surface area contributed by atoms with Crippen molar-refractivity contribution >= 4 is 0 Å². The number of fused-ring (bicyclic) bond motifs is 4. The third-order valence-electron chi connectivity index (χ3n) is 6.87. The third-order valence-corrected chi connectivity index (χ3v) is 6.87. The van der Waals surface area contributed by atoms with Crippen molar-refractivity contribution in [2.75, 3.05) is 0 Å². The predicted molar refractivity (Wildman–Crippen MR) is 129 cm³/mol. The van der Waals surface area contributed by atoms with Crippen molar-refractivity contribution < 1.29 is 19.1 Å². The van der Waals surface area contributed by atoms with Crippen LogP contribution in [0, 0.1) is 0 Å². The van der Waals surface area contributed by atoms with Crippen molar-refractivity contribution in [1.29, 1.82) is 0 Å². The molecule has 2 bridgehead atoms. The van der Waals surface area contributed by atoms with Gasteiger partial charge in [-0.15, -0.1) is 0 Å². The first-order valence-electron chi connectivity index (χ1n) is 11.9. The van der Waals surface area contributed by atoms with Crippen LogP contribution in [0.15, 0.2) is 83.4 Å². The number of aliphatic hydroxyl groups is 1. The van der Waals surface area contributed by atoms with Gasteiger partial charge in [0.1, 0.15) is 29.6 Å². The summed E-state index contributed by atoms with van der Waals surface area (Å²) in [6, 6.07) is 26.2. The van der Waals surface area contributed by atoms with Crippen LogP contribution >= 0.6 is 0 Å². The molecule has 6 rings (SSSR count). The fourth-order valence-electron chi connectivity index (χ4n) is 5.13. The number of rotatable bonds is 6. The zero-order valence-corrected chi connectivity index (χ0v) is 18.9. The number of hydrogen-bond donors (Lipinski definition) is 1. The highest BCUT2D eigenvalue weighted by Crippen LogP contribution is 2.49. The number of aromatic nitrogens is 1. The molecule has 0 saturated heterocycles. The summed E-state index contributed by atoms with van der Waals surface area (Å²) < 4.78 is 17.7. The highest BCUT2D eigenvalue weighted by molar-refractivity contribution is 5.60. The van der Waals surface area contributed by atoms with Gasteiger partial charge in [-0.2, -0.15) is 0 Å². The Morgan fingerprint density at radius 2 is 1.85 bits per heavy atom. The van der Waals surface area contributed by atoms with Crippen molar-refractivity contribution in [1.82, 2.24) is 5.16 Å². The summed E-state index contributed by atoms with van der Waals surface area (Å²) in [6.45, 7) is 0.535. The van der Waals surface area contributed by atoms with Crippen molar-refractivity contribution in [3.05, 3.63) is 101 Å². The van der Waals surface area contributed by atoms with Gasteiger partial charge < -0.3 is 19.1 Å². The van der Waals surface area contributed by atoms with Gasteiger partial charge in [-0.05, 0) is 54.2 Å². The molecule has 172 valence electrons. The average Bonchev–Trinajstić information content (AvgIpc) is 3.33. The van der Waals surface area contributed by atoms with Crippen LogP contribution in [0.5, 0.6) is 11.5 Å². The molecule has 2 unspecified atom stereocenters. The fraction of sp³-hybridized carbons (Fsp3) is 0.276. The topological polar surface area (TPSA) is 64.7 Å². The summed E-state index contributed by atoms with van der Waals surface area (Å²) in [7, 11) is 0. The van der Waals surface area contributed by atoms with Gasteiger partial charge in [0, 0.05) is 36.5 Å². The molecular weight excluding hydrogens is 426 g/mol. The Balaban J connectivity index is 1.17. The highest BCUT2D eigenvalue weighted by atomic mass is 16.6. The molecule has 34 heavy (non-hydrogen) atoms. The quantitative estimate of drug-likeness (QED) is 0.374. The molecule has 2 aliphatic rings. The van der Waals surface area contributed by atoms with Gasteiger partial charge in [-0.1, -0.05) is 53.7 Å². The van der Waals surface area contributed by atoms with Crippen molar-refractivity contribution in [3.8, 4) is 22.8 Å². The first-order valence-corrected chi connectivity index (χ1v) is 11.9. The van der Waals surface area contributed by atoms with E-state index in [1.165, 1.54) is 5.56 Å². The zero-order chi connectivity index (χ0) is 23.0. The fourth-order valence-corrected chi connectivity index (χ4v) is 5.13. The van der Waals surface area contributed by atoms with Crippen LogP contribution in [0.2, 0.25) is 0 Å². The Morgan fingerprint density at radius 3 is 2.71 bits per heavy atom. The Bertz CT molecular complexity index is 1280. The second-order valence-electron chi connectivity index (χ2n) is 9.33. The van der Waals surface area contributed by atoms with Gasteiger partial charge in [-0.3, -0.25) is 0 Å². The Hall–Kier alpha value is -3.57. The second-order valence-corrected chi connectivity index (χ2v) is 9.33. The van der Waals surface area contributed by atoms with Crippen LogP contribution in [0.4, 0.5) is 0 Å². The maximum absolute atomic E-state index is 10.8. The molecule has 0 amide bonds. The minimum absolute atomic E-state index is 0.357. The van der Waals surface area contributed by atoms with E-state index in [-0.39, 0.29) is 0 Å². The molecule has 0 spiro atoms. The lowest BCUT2D eigenvalue weighted by molar-refractivity contribution is -0.173. The Labute approximate surface area is 198 Å². The summed E-state index contributed by atoms with van der Waals surface area (Å²) in [5.41, 5.74) is 5.11. The monoisotopic (exact) mass is 453 g/mol. The Kier molecular flexibility index (Phi) is 5.34. The van der Waals surface area contributed by atoms with Gasteiger partial charge in [0.15, 0.2) is 0 Å².